The van der Waals surface area contributed by atoms with Crippen LogP contribution < -0.4 is 31.9 Å². The van der Waals surface area contributed by atoms with E-state index in [4.69, 9.17) is 0 Å². The molecular weight excluding hydrogens is 650 g/mol. The number of nitrogens with one attached hydrogen (secondary N) is 2. The number of amides is 2. The largest absolute Gasteiger partial charge is 0.352 e. The van der Waals surface area contributed by atoms with E-state index in [9.17, 15) is 9.59 Å². The maximum atomic E-state index is 12.0. The molecule has 0 aromatic heterocycles. The van der Waals surface area contributed by atoms with Gasteiger partial charge < -0.3 is 10.6 Å². The first-order valence-electron chi connectivity index (χ1n) is 17.3. The lowest BCUT2D eigenvalue weighted by atomic mass is 10.2. The normalized spacial score (nSPS) is 11.4. The van der Waals surface area contributed by atoms with Crippen LogP contribution in [-0.4, -0.2) is 37.2 Å². The molecule has 0 radical (unpaired) electrons. The highest BCUT2D eigenvalue weighted by Gasteiger charge is 2.44. The summed E-state index contributed by atoms with van der Waals surface area (Å²) in [5.41, 5.74) is 2.64. The van der Waals surface area contributed by atoms with Crippen LogP contribution in [0.3, 0.4) is 0 Å². The second kappa shape index (κ2) is 18.4. The molecule has 0 bridgehead atoms. The second-order valence-electron chi connectivity index (χ2n) is 12.6. The first-order valence-corrected chi connectivity index (χ1v) is 21.7. The van der Waals surface area contributed by atoms with Crippen LogP contribution in [0, 0.1) is 0 Å². The molecule has 0 aliphatic heterocycles. The molecule has 6 heteroatoms. The van der Waals surface area contributed by atoms with Gasteiger partial charge in [-0.3, -0.25) is 9.59 Å². The Hall–Kier alpha value is -4.62. The number of carbonyl (C=O) groups is 2. The van der Waals surface area contributed by atoms with Crippen molar-refractivity contribution in [2.24, 2.45) is 0 Å². The second-order valence-corrected chi connectivity index (χ2v) is 20.0. The van der Waals surface area contributed by atoms with Gasteiger partial charge in [-0.1, -0.05) is 110 Å². The zero-order valence-corrected chi connectivity index (χ0v) is 30.6. The molecule has 254 valence electrons. The van der Waals surface area contributed by atoms with E-state index in [1.807, 2.05) is 0 Å². The quantitative estimate of drug-likeness (QED) is 0.0569. The van der Waals surface area contributed by atoms with Crippen molar-refractivity contribution in [3.8, 4) is 0 Å². The van der Waals surface area contributed by atoms with Gasteiger partial charge >= 0.3 is 0 Å². The summed E-state index contributed by atoms with van der Waals surface area (Å²) in [7, 11) is -3.77. The SMILES string of the molecule is C=CC(=O)NCCC[P+](Cc1ccc(C[P+](CCCNC(=O)C=C)(c2ccccc2)c2ccccc2)cc1)(c1ccccc1)c1ccccc1. The van der Waals surface area contributed by atoms with Gasteiger partial charge in [0.1, 0.15) is 0 Å². The molecule has 0 fully saturated rings. The van der Waals surface area contributed by atoms with E-state index in [1.165, 1.54) is 44.5 Å². The van der Waals surface area contributed by atoms with Crippen LogP contribution in [0.25, 0.3) is 0 Å². The van der Waals surface area contributed by atoms with E-state index >= 15 is 0 Å². The fourth-order valence-corrected chi connectivity index (χ4v) is 15.5. The monoisotopic (exact) mass is 698 g/mol. The Morgan fingerprint density at radius 3 is 1.00 bits per heavy atom. The zero-order chi connectivity index (χ0) is 35.1. The fourth-order valence-electron chi connectivity index (χ4n) is 6.83. The Labute approximate surface area is 299 Å². The Kier molecular flexibility index (Phi) is 13.5. The van der Waals surface area contributed by atoms with Crippen LogP contribution in [-0.2, 0) is 21.9 Å². The maximum absolute atomic E-state index is 12.0. The van der Waals surface area contributed by atoms with Gasteiger partial charge in [-0.05, 0) is 84.7 Å². The van der Waals surface area contributed by atoms with Crippen molar-refractivity contribution in [1.29, 1.82) is 0 Å². The summed E-state index contributed by atoms with van der Waals surface area (Å²) < 4.78 is 0. The molecular formula is C44H48N2O2P2+2. The Morgan fingerprint density at radius 2 is 0.740 bits per heavy atom. The average molecular weight is 699 g/mol. The molecule has 0 heterocycles. The van der Waals surface area contributed by atoms with E-state index in [1.54, 1.807) is 0 Å². The van der Waals surface area contributed by atoms with Crippen LogP contribution in [0.1, 0.15) is 24.0 Å². The minimum atomic E-state index is -1.88. The third-order valence-electron chi connectivity index (χ3n) is 9.33. The molecule has 4 nitrogen and oxygen atoms in total. The fraction of sp³-hybridized carbons (Fsp3) is 0.182. The summed E-state index contributed by atoms with van der Waals surface area (Å²) in [6.45, 7) is 8.45. The predicted octanol–water partition coefficient (Wildman–Crippen LogP) is 7.41. The average Bonchev–Trinajstić information content (AvgIpc) is 3.19. The van der Waals surface area contributed by atoms with E-state index < -0.39 is 14.5 Å². The van der Waals surface area contributed by atoms with Gasteiger partial charge in [-0.15, -0.1) is 0 Å². The van der Waals surface area contributed by atoms with E-state index in [0.29, 0.717) is 13.1 Å². The minimum Gasteiger partial charge on any atom is -0.352 e. The van der Waals surface area contributed by atoms with Crippen molar-refractivity contribution >= 4 is 47.6 Å². The smallest absolute Gasteiger partial charge is 0.243 e. The van der Waals surface area contributed by atoms with Gasteiger partial charge in [0.15, 0.2) is 0 Å². The summed E-state index contributed by atoms with van der Waals surface area (Å²) in [5.74, 6) is -0.259. The predicted molar refractivity (Wildman–Crippen MR) is 217 cm³/mol. The Balaban J connectivity index is 1.48. The lowest BCUT2D eigenvalue weighted by molar-refractivity contribution is -0.117. The molecule has 0 spiro atoms. The highest BCUT2D eigenvalue weighted by atomic mass is 31.2. The van der Waals surface area contributed by atoms with Crippen LogP contribution in [0.2, 0.25) is 0 Å². The molecule has 0 aliphatic rings. The summed E-state index contributed by atoms with van der Waals surface area (Å²) in [5, 5.41) is 11.5. The van der Waals surface area contributed by atoms with Gasteiger partial charge in [-0.2, -0.15) is 0 Å². The summed E-state index contributed by atoms with van der Waals surface area (Å²) >= 11 is 0. The highest BCUT2D eigenvalue weighted by molar-refractivity contribution is 7.89. The number of benzene rings is 5. The molecule has 0 saturated carbocycles. The molecule has 5 rings (SSSR count). The lowest BCUT2D eigenvalue weighted by Crippen LogP contribution is -2.29. The molecule has 0 aliphatic carbocycles. The van der Waals surface area contributed by atoms with Gasteiger partial charge in [0.25, 0.3) is 0 Å². The molecule has 5 aromatic carbocycles. The molecule has 5 aromatic rings. The molecule has 0 saturated heterocycles. The summed E-state index contributed by atoms with van der Waals surface area (Å²) in [4.78, 5) is 23.9. The Morgan fingerprint density at radius 1 is 0.460 bits per heavy atom. The van der Waals surface area contributed by atoms with Crippen LogP contribution >= 0.6 is 14.5 Å². The standard InChI is InChI=1S/C44H46N2O2P2/c1-3-43(47)45-31-17-33-49(39-19-9-5-10-20-39,40-21-11-6-12-22-40)35-37-27-29-38(30-28-37)36-50(41-23-13-7-14-24-41,42-25-15-8-16-26-42)34-18-32-46-44(48)4-2/h3-16,19-30H,1-2,17-18,31-36H2/p+2. The summed E-state index contributed by atoms with van der Waals surface area (Å²) in [6, 6.07) is 53.2. The van der Waals surface area contributed by atoms with Crippen LogP contribution in [0.15, 0.2) is 171 Å². The highest BCUT2D eigenvalue weighted by Crippen LogP contribution is 2.61. The van der Waals surface area contributed by atoms with Crippen molar-refractivity contribution in [3.63, 3.8) is 0 Å². The van der Waals surface area contributed by atoms with Crippen LogP contribution in [0.4, 0.5) is 0 Å². The van der Waals surface area contributed by atoms with Crippen molar-refractivity contribution in [2.75, 3.05) is 25.4 Å². The van der Waals surface area contributed by atoms with Crippen molar-refractivity contribution in [2.45, 2.75) is 25.2 Å². The number of rotatable bonds is 18. The van der Waals surface area contributed by atoms with Gasteiger partial charge in [0, 0.05) is 13.1 Å². The third kappa shape index (κ3) is 9.33. The first-order chi connectivity index (χ1) is 24.5. The van der Waals surface area contributed by atoms with E-state index in [0.717, 1.165) is 37.5 Å². The summed E-state index contributed by atoms with van der Waals surface area (Å²) in [6.07, 6.45) is 8.29. The molecule has 0 unspecified atom stereocenters. The number of hydrogen-bond donors (Lipinski definition) is 2. The number of hydrogen-bond acceptors (Lipinski definition) is 2. The van der Waals surface area contributed by atoms with Gasteiger partial charge in [-0.25, -0.2) is 0 Å². The van der Waals surface area contributed by atoms with E-state index in [-0.39, 0.29) is 11.8 Å². The minimum absolute atomic E-state index is 0.129. The third-order valence-corrected chi connectivity index (χ3v) is 18.4. The lowest BCUT2D eigenvalue weighted by Gasteiger charge is -2.29. The van der Waals surface area contributed by atoms with Crippen molar-refractivity contribution in [1.82, 2.24) is 10.6 Å². The molecule has 50 heavy (non-hydrogen) atoms. The first kappa shape index (κ1) is 36.7. The zero-order valence-electron chi connectivity index (χ0n) is 28.8. The maximum Gasteiger partial charge on any atom is 0.243 e. The van der Waals surface area contributed by atoms with E-state index in [2.05, 4.69) is 169 Å². The topological polar surface area (TPSA) is 58.2 Å². The number of carbonyl (C=O) groups excluding carboxylic acids is 2. The molecule has 2 amide bonds. The van der Waals surface area contributed by atoms with Crippen molar-refractivity contribution in [3.05, 3.63) is 182 Å². The molecule has 2 N–H and O–H groups in total. The van der Waals surface area contributed by atoms with Gasteiger partial charge in [0.05, 0.1) is 60.4 Å². The van der Waals surface area contributed by atoms with Gasteiger partial charge in [0.2, 0.25) is 11.8 Å². The Bertz CT molecular complexity index is 1600. The molecule has 0 atom stereocenters. The van der Waals surface area contributed by atoms with Crippen molar-refractivity contribution < 1.29 is 9.59 Å². The van der Waals surface area contributed by atoms with Crippen LogP contribution in [0.5, 0.6) is 0 Å².